The number of carbonyl (C=O) groups is 1. The molecule has 6 heteroatoms. The number of ether oxygens (including phenoxy) is 1. The Morgan fingerprint density at radius 2 is 2.33 bits per heavy atom. The zero-order valence-corrected chi connectivity index (χ0v) is 13.2. The first-order chi connectivity index (χ1) is 10.1. The van der Waals surface area contributed by atoms with Gasteiger partial charge in [0.15, 0.2) is 0 Å². The molecular weight excluding hydrogens is 290 g/mol. The van der Waals surface area contributed by atoms with Crippen LogP contribution in [0, 0.1) is 0 Å². The molecule has 1 aromatic rings. The van der Waals surface area contributed by atoms with Crippen molar-refractivity contribution in [1.82, 2.24) is 10.2 Å². The Morgan fingerprint density at radius 1 is 1.52 bits per heavy atom. The molecule has 1 heterocycles. The van der Waals surface area contributed by atoms with Crippen LogP contribution in [0.5, 0.6) is 5.75 Å². The number of amides is 1. The second-order valence-electron chi connectivity index (χ2n) is 5.44. The lowest BCUT2D eigenvalue weighted by atomic mass is 10.2. The Kier molecular flexibility index (Phi) is 5.85. The summed E-state index contributed by atoms with van der Waals surface area (Å²) in [5.41, 5.74) is 0.693. The first kappa shape index (κ1) is 16.1. The van der Waals surface area contributed by atoms with Gasteiger partial charge < -0.3 is 20.3 Å². The molecule has 0 radical (unpaired) electrons. The van der Waals surface area contributed by atoms with E-state index in [0.717, 1.165) is 25.9 Å². The first-order valence-electron chi connectivity index (χ1n) is 7.17. The summed E-state index contributed by atoms with van der Waals surface area (Å²) in [5.74, 6) is 0.625. The highest BCUT2D eigenvalue weighted by atomic mass is 35.5. The highest BCUT2D eigenvalue weighted by Crippen LogP contribution is 2.27. The van der Waals surface area contributed by atoms with E-state index in [2.05, 4.69) is 10.6 Å². The summed E-state index contributed by atoms with van der Waals surface area (Å²) in [6, 6.07) is 5.22. The van der Waals surface area contributed by atoms with Crippen LogP contribution in [0.4, 0.5) is 5.69 Å². The average Bonchev–Trinajstić information content (AvgIpc) is 2.95. The second-order valence-corrected chi connectivity index (χ2v) is 5.84. The molecule has 2 N–H and O–H groups in total. The molecule has 1 aromatic carbocycles. The third-order valence-electron chi connectivity index (χ3n) is 3.37. The van der Waals surface area contributed by atoms with Crippen LogP contribution in [0.1, 0.15) is 12.8 Å². The number of benzene rings is 1. The predicted octanol–water partition coefficient (Wildman–Crippen LogP) is 1.97. The monoisotopic (exact) mass is 311 g/mol. The van der Waals surface area contributed by atoms with Gasteiger partial charge in [-0.1, -0.05) is 11.6 Å². The Hall–Kier alpha value is -1.30. The average molecular weight is 312 g/mol. The van der Waals surface area contributed by atoms with Crippen molar-refractivity contribution in [3.05, 3.63) is 23.2 Å². The number of hydrogen-bond acceptors (Lipinski definition) is 4. The zero-order chi connectivity index (χ0) is 15.2. The van der Waals surface area contributed by atoms with E-state index in [1.807, 2.05) is 25.1 Å². The summed E-state index contributed by atoms with van der Waals surface area (Å²) in [6.45, 7) is 2.30. The molecule has 116 valence electrons. The number of nitrogens with one attached hydrogen (secondary N) is 2. The van der Waals surface area contributed by atoms with Crippen molar-refractivity contribution in [3.8, 4) is 5.75 Å². The lowest BCUT2D eigenvalue weighted by Crippen LogP contribution is -2.35. The fourth-order valence-electron chi connectivity index (χ4n) is 2.17. The highest BCUT2D eigenvalue weighted by molar-refractivity contribution is 6.32. The van der Waals surface area contributed by atoms with E-state index in [0.29, 0.717) is 23.1 Å². The summed E-state index contributed by atoms with van der Waals surface area (Å²) in [6.07, 6.45) is 1.92. The van der Waals surface area contributed by atoms with Crippen LogP contribution in [0.2, 0.25) is 5.02 Å². The van der Waals surface area contributed by atoms with E-state index in [4.69, 9.17) is 16.3 Å². The SMILES string of the molecule is CN(C)CCOc1ccc(NC(=O)C2CCCN2)cc1Cl. The Labute approximate surface area is 130 Å². The molecule has 0 bridgehead atoms. The summed E-state index contributed by atoms with van der Waals surface area (Å²) >= 11 is 6.18. The van der Waals surface area contributed by atoms with Gasteiger partial charge in [0, 0.05) is 12.2 Å². The Morgan fingerprint density at radius 3 is 2.95 bits per heavy atom. The molecule has 0 aliphatic carbocycles. The van der Waals surface area contributed by atoms with Crippen LogP contribution in [0.25, 0.3) is 0 Å². The molecule has 1 aliphatic rings. The number of carbonyl (C=O) groups excluding carboxylic acids is 1. The van der Waals surface area contributed by atoms with Crippen molar-refractivity contribution in [2.24, 2.45) is 0 Å². The molecule has 1 atom stereocenters. The lowest BCUT2D eigenvalue weighted by Gasteiger charge is -2.14. The minimum atomic E-state index is -0.0974. The van der Waals surface area contributed by atoms with E-state index in [-0.39, 0.29) is 11.9 Å². The molecule has 21 heavy (non-hydrogen) atoms. The Bertz CT molecular complexity index is 488. The van der Waals surface area contributed by atoms with Crippen LogP contribution in [0.15, 0.2) is 18.2 Å². The molecule has 5 nitrogen and oxygen atoms in total. The van der Waals surface area contributed by atoms with Crippen molar-refractivity contribution in [2.75, 3.05) is 39.1 Å². The third-order valence-corrected chi connectivity index (χ3v) is 3.67. The molecule has 0 aromatic heterocycles. The predicted molar refractivity (Wildman–Crippen MR) is 85.2 cm³/mol. The molecular formula is C15H22ClN3O2. The van der Waals surface area contributed by atoms with Crippen LogP contribution in [-0.2, 0) is 4.79 Å². The quantitative estimate of drug-likeness (QED) is 0.843. The fraction of sp³-hybridized carbons (Fsp3) is 0.533. The molecule has 1 amide bonds. The van der Waals surface area contributed by atoms with Crippen LogP contribution in [0.3, 0.4) is 0 Å². The largest absolute Gasteiger partial charge is 0.491 e. The van der Waals surface area contributed by atoms with Gasteiger partial charge >= 0.3 is 0 Å². The zero-order valence-electron chi connectivity index (χ0n) is 12.5. The van der Waals surface area contributed by atoms with Gasteiger partial charge in [-0.3, -0.25) is 4.79 Å². The van der Waals surface area contributed by atoms with E-state index < -0.39 is 0 Å². The van der Waals surface area contributed by atoms with Gasteiger partial charge in [0.25, 0.3) is 0 Å². The summed E-state index contributed by atoms with van der Waals surface area (Å²) in [5, 5.41) is 6.55. The van der Waals surface area contributed by atoms with E-state index in [9.17, 15) is 4.79 Å². The summed E-state index contributed by atoms with van der Waals surface area (Å²) in [4.78, 5) is 14.0. The third kappa shape index (κ3) is 4.88. The molecule has 1 unspecified atom stereocenters. The highest BCUT2D eigenvalue weighted by Gasteiger charge is 2.22. The molecule has 0 saturated carbocycles. The number of anilines is 1. The van der Waals surface area contributed by atoms with E-state index >= 15 is 0 Å². The number of likely N-dealkylation sites (N-methyl/N-ethyl adjacent to an activating group) is 1. The van der Waals surface area contributed by atoms with Crippen LogP contribution in [-0.4, -0.2) is 50.6 Å². The fourth-order valence-corrected chi connectivity index (χ4v) is 2.41. The number of rotatable bonds is 6. The van der Waals surface area contributed by atoms with E-state index in [1.54, 1.807) is 12.1 Å². The minimum Gasteiger partial charge on any atom is -0.491 e. The van der Waals surface area contributed by atoms with Gasteiger partial charge in [0.05, 0.1) is 11.1 Å². The van der Waals surface area contributed by atoms with Crippen molar-refractivity contribution >= 4 is 23.2 Å². The lowest BCUT2D eigenvalue weighted by molar-refractivity contribution is -0.117. The van der Waals surface area contributed by atoms with Crippen molar-refractivity contribution in [3.63, 3.8) is 0 Å². The van der Waals surface area contributed by atoms with Crippen molar-refractivity contribution < 1.29 is 9.53 Å². The van der Waals surface area contributed by atoms with Crippen LogP contribution >= 0.6 is 11.6 Å². The summed E-state index contributed by atoms with van der Waals surface area (Å²) in [7, 11) is 3.97. The standard InChI is InChI=1S/C15H22ClN3O2/c1-19(2)8-9-21-14-6-5-11(10-12(14)16)18-15(20)13-4-3-7-17-13/h5-6,10,13,17H,3-4,7-9H2,1-2H3,(H,18,20). The van der Waals surface area contributed by atoms with E-state index in [1.165, 1.54) is 0 Å². The maximum atomic E-state index is 12.0. The molecule has 1 saturated heterocycles. The normalized spacial score (nSPS) is 18.0. The topological polar surface area (TPSA) is 53.6 Å². The number of hydrogen-bond donors (Lipinski definition) is 2. The van der Waals surface area contributed by atoms with Crippen molar-refractivity contribution in [2.45, 2.75) is 18.9 Å². The Balaban J connectivity index is 1.90. The molecule has 1 fully saturated rings. The minimum absolute atomic E-state index is 0.00940. The van der Waals surface area contributed by atoms with Gasteiger partial charge in [0.2, 0.25) is 5.91 Å². The van der Waals surface area contributed by atoms with Gasteiger partial charge in [0.1, 0.15) is 12.4 Å². The van der Waals surface area contributed by atoms with Gasteiger partial charge in [-0.2, -0.15) is 0 Å². The number of halogens is 1. The van der Waals surface area contributed by atoms with Gasteiger partial charge in [-0.15, -0.1) is 0 Å². The second kappa shape index (κ2) is 7.64. The van der Waals surface area contributed by atoms with Gasteiger partial charge in [-0.25, -0.2) is 0 Å². The van der Waals surface area contributed by atoms with Crippen LogP contribution < -0.4 is 15.4 Å². The smallest absolute Gasteiger partial charge is 0.241 e. The maximum Gasteiger partial charge on any atom is 0.241 e. The van der Waals surface area contributed by atoms with Gasteiger partial charge in [-0.05, 0) is 51.7 Å². The molecule has 0 spiro atoms. The molecule has 1 aliphatic heterocycles. The molecule has 2 rings (SSSR count). The maximum absolute atomic E-state index is 12.0. The summed E-state index contributed by atoms with van der Waals surface area (Å²) < 4.78 is 5.61. The first-order valence-corrected chi connectivity index (χ1v) is 7.55. The number of nitrogens with zero attached hydrogens (tertiary/aromatic N) is 1. The van der Waals surface area contributed by atoms with Crippen molar-refractivity contribution in [1.29, 1.82) is 0 Å².